The largest absolute Gasteiger partial charge is 0.489 e. The Balaban J connectivity index is 1.11. The van der Waals surface area contributed by atoms with Gasteiger partial charge in [-0.05, 0) is 76.6 Å². The third-order valence-electron chi connectivity index (χ3n) is 8.19. The number of aromatic nitrogens is 2. The van der Waals surface area contributed by atoms with Crippen LogP contribution in [0.4, 0.5) is 0 Å². The van der Waals surface area contributed by atoms with E-state index in [2.05, 4.69) is 49.9 Å². The topological polar surface area (TPSA) is 109 Å². The van der Waals surface area contributed by atoms with Gasteiger partial charge in [0.05, 0.1) is 5.56 Å². The number of para-hydroxylation sites is 1. The van der Waals surface area contributed by atoms with Crippen molar-refractivity contribution < 1.29 is 19.2 Å². The number of aromatic carboxylic acids is 1. The molecule has 0 saturated heterocycles. The molecule has 0 unspecified atom stereocenters. The average Bonchev–Trinajstić information content (AvgIpc) is 3.56. The van der Waals surface area contributed by atoms with E-state index in [9.17, 15) is 14.7 Å². The van der Waals surface area contributed by atoms with Crippen molar-refractivity contribution in [3.05, 3.63) is 165 Å². The first-order valence-corrected chi connectivity index (χ1v) is 16.0. The highest BCUT2D eigenvalue weighted by Gasteiger charge is 2.12. The number of nitrogens with one attached hydrogen (secondary N) is 1. The predicted octanol–water partition coefficient (Wildman–Crippen LogP) is 7.91. The molecule has 9 heteroatoms. The minimum Gasteiger partial charge on any atom is -0.489 e. The first kappa shape index (κ1) is 32.5. The van der Waals surface area contributed by atoms with E-state index in [-0.39, 0.29) is 5.56 Å². The van der Waals surface area contributed by atoms with Gasteiger partial charge in [-0.25, -0.2) is 9.59 Å². The van der Waals surface area contributed by atoms with E-state index in [0.717, 1.165) is 75.6 Å². The summed E-state index contributed by atoms with van der Waals surface area (Å²) in [6.07, 6.45) is 1.57. The Kier molecular flexibility index (Phi) is 10.4. The summed E-state index contributed by atoms with van der Waals surface area (Å²) in [5, 5.41) is 13.8. The third-order valence-corrected chi connectivity index (χ3v) is 8.44. The van der Waals surface area contributed by atoms with Crippen LogP contribution in [0.1, 0.15) is 32.6 Å². The second-order valence-corrected chi connectivity index (χ2v) is 12.0. The number of hydrogen-bond donors (Lipinski definition) is 2. The van der Waals surface area contributed by atoms with Crippen molar-refractivity contribution in [2.45, 2.75) is 26.0 Å². The van der Waals surface area contributed by atoms with Crippen LogP contribution in [0, 0.1) is 0 Å². The molecular formula is C39H34ClN3O5. The molecule has 5 aromatic carbocycles. The van der Waals surface area contributed by atoms with Crippen molar-refractivity contribution in [1.29, 1.82) is 0 Å². The van der Waals surface area contributed by atoms with Gasteiger partial charge in [0.2, 0.25) is 0 Å². The molecule has 0 fully saturated rings. The zero-order chi connectivity index (χ0) is 33.3. The Bertz CT molecular complexity index is 2000. The van der Waals surface area contributed by atoms with Crippen LogP contribution < -0.4 is 10.5 Å². The Labute approximate surface area is 283 Å². The second kappa shape index (κ2) is 15.4. The highest BCUT2D eigenvalue weighted by molar-refractivity contribution is 6.30. The number of rotatable bonds is 14. The summed E-state index contributed by atoms with van der Waals surface area (Å²) in [7, 11) is 0. The Hall–Kier alpha value is -5.44. The van der Waals surface area contributed by atoms with Crippen molar-refractivity contribution in [2.24, 2.45) is 0 Å². The molecule has 0 bridgehead atoms. The first-order chi connectivity index (χ1) is 23.4. The van der Waals surface area contributed by atoms with Crippen molar-refractivity contribution in [3.63, 3.8) is 0 Å². The molecule has 0 spiro atoms. The highest BCUT2D eigenvalue weighted by Crippen LogP contribution is 2.24. The minimum absolute atomic E-state index is 0.268. The van der Waals surface area contributed by atoms with Crippen LogP contribution in [0.25, 0.3) is 22.5 Å². The van der Waals surface area contributed by atoms with Gasteiger partial charge >= 0.3 is 11.7 Å². The fourth-order valence-corrected chi connectivity index (χ4v) is 5.60. The summed E-state index contributed by atoms with van der Waals surface area (Å²) in [6, 6.07) is 39.2. The summed E-state index contributed by atoms with van der Waals surface area (Å²) < 4.78 is 10.9. The standard InChI is InChI=1S/C39H34ClN3O5/c40-35-19-17-31(18-20-35)30-11-9-29(10-12-30)26-47-36-4-2-1-3-32(36)22-24-43(25-28-7-15-34(16-8-28)38(44)45)23-21-27-5-13-33(14-6-27)37-41-39(46)48-42-37/h1-20H,21-26H2,(H,44,45)(H,41,42,46). The van der Waals surface area contributed by atoms with E-state index in [4.69, 9.17) is 16.3 Å². The maximum absolute atomic E-state index is 11.4. The van der Waals surface area contributed by atoms with Gasteiger partial charge in [0, 0.05) is 30.2 Å². The predicted molar refractivity (Wildman–Crippen MR) is 186 cm³/mol. The lowest BCUT2D eigenvalue weighted by Gasteiger charge is -2.23. The molecule has 0 aliphatic heterocycles. The SMILES string of the molecule is O=C(O)c1ccc(CN(CCc2ccc(-c3noc(=O)[nH]3)cc2)CCc2ccccc2OCc2ccc(-c3ccc(Cl)cc3)cc2)cc1. The third kappa shape index (κ3) is 8.67. The molecule has 8 nitrogen and oxygen atoms in total. The van der Waals surface area contributed by atoms with Gasteiger partial charge in [-0.3, -0.25) is 14.4 Å². The summed E-state index contributed by atoms with van der Waals surface area (Å²) in [6.45, 7) is 2.68. The summed E-state index contributed by atoms with van der Waals surface area (Å²) in [5.74, 6) is -0.275. The van der Waals surface area contributed by atoms with E-state index in [0.29, 0.717) is 19.0 Å². The van der Waals surface area contributed by atoms with Crippen LogP contribution in [0.2, 0.25) is 5.02 Å². The maximum Gasteiger partial charge on any atom is 0.439 e. The zero-order valence-corrected chi connectivity index (χ0v) is 26.9. The number of carboxylic acid groups (broad SMARTS) is 1. The summed E-state index contributed by atoms with van der Waals surface area (Å²) in [5.41, 5.74) is 7.65. The molecular weight excluding hydrogens is 626 g/mol. The summed E-state index contributed by atoms with van der Waals surface area (Å²) >= 11 is 6.04. The molecule has 0 amide bonds. The molecule has 1 heterocycles. The van der Waals surface area contributed by atoms with E-state index in [1.54, 1.807) is 12.1 Å². The van der Waals surface area contributed by atoms with E-state index in [1.807, 2.05) is 78.9 Å². The number of H-pyrrole nitrogens is 1. The van der Waals surface area contributed by atoms with Gasteiger partial charge in [0.15, 0.2) is 5.82 Å². The molecule has 0 aliphatic rings. The van der Waals surface area contributed by atoms with Crippen LogP contribution in [0.3, 0.4) is 0 Å². The fourth-order valence-electron chi connectivity index (χ4n) is 5.48. The molecule has 0 atom stereocenters. The van der Waals surface area contributed by atoms with Gasteiger partial charge in [-0.2, -0.15) is 0 Å². The maximum atomic E-state index is 11.4. The Morgan fingerprint density at radius 2 is 1.35 bits per heavy atom. The lowest BCUT2D eigenvalue weighted by molar-refractivity contribution is 0.0697. The Morgan fingerprint density at radius 1 is 0.750 bits per heavy atom. The molecule has 0 saturated carbocycles. The van der Waals surface area contributed by atoms with Crippen molar-refractivity contribution in [2.75, 3.05) is 13.1 Å². The van der Waals surface area contributed by atoms with Crippen molar-refractivity contribution >= 4 is 17.6 Å². The zero-order valence-electron chi connectivity index (χ0n) is 26.1. The quantitative estimate of drug-likeness (QED) is 0.122. The molecule has 48 heavy (non-hydrogen) atoms. The van der Waals surface area contributed by atoms with Crippen LogP contribution >= 0.6 is 11.6 Å². The van der Waals surface area contributed by atoms with Crippen molar-refractivity contribution in [3.8, 4) is 28.3 Å². The van der Waals surface area contributed by atoms with Crippen LogP contribution in [-0.4, -0.2) is 39.2 Å². The van der Waals surface area contributed by atoms with Gasteiger partial charge in [-0.15, -0.1) is 0 Å². The normalized spacial score (nSPS) is 11.1. The van der Waals surface area contributed by atoms with E-state index < -0.39 is 11.7 Å². The number of ether oxygens (including phenoxy) is 1. The van der Waals surface area contributed by atoms with Crippen LogP contribution in [0.5, 0.6) is 5.75 Å². The number of hydrogen-bond acceptors (Lipinski definition) is 6. The first-order valence-electron chi connectivity index (χ1n) is 15.6. The lowest BCUT2D eigenvalue weighted by atomic mass is 10.0. The van der Waals surface area contributed by atoms with Gasteiger partial charge in [0.1, 0.15) is 12.4 Å². The molecule has 242 valence electrons. The molecule has 0 radical (unpaired) electrons. The number of carboxylic acids is 1. The van der Waals surface area contributed by atoms with Crippen LogP contribution in [-0.2, 0) is 26.0 Å². The number of nitrogens with zero attached hydrogens (tertiary/aromatic N) is 2. The smallest absolute Gasteiger partial charge is 0.439 e. The molecule has 6 aromatic rings. The number of aromatic amines is 1. The van der Waals surface area contributed by atoms with E-state index >= 15 is 0 Å². The fraction of sp³-hybridized carbons (Fsp3) is 0.154. The average molecular weight is 660 g/mol. The van der Waals surface area contributed by atoms with Gasteiger partial charge in [0.25, 0.3) is 0 Å². The lowest BCUT2D eigenvalue weighted by Crippen LogP contribution is -2.28. The monoisotopic (exact) mass is 659 g/mol. The van der Waals surface area contributed by atoms with Gasteiger partial charge in [-0.1, -0.05) is 108 Å². The number of carbonyl (C=O) groups is 1. The second-order valence-electron chi connectivity index (χ2n) is 11.5. The molecule has 1 aromatic heterocycles. The molecule has 0 aliphatic carbocycles. The van der Waals surface area contributed by atoms with Crippen molar-refractivity contribution in [1.82, 2.24) is 15.0 Å². The van der Waals surface area contributed by atoms with Crippen LogP contribution in [0.15, 0.2) is 131 Å². The number of benzene rings is 5. The highest BCUT2D eigenvalue weighted by atomic mass is 35.5. The molecule has 6 rings (SSSR count). The molecule has 2 N–H and O–H groups in total. The number of halogens is 1. The Morgan fingerprint density at radius 3 is 2.02 bits per heavy atom. The summed E-state index contributed by atoms with van der Waals surface area (Å²) in [4.78, 5) is 27.6. The minimum atomic E-state index is -0.939. The van der Waals surface area contributed by atoms with E-state index in [1.165, 1.54) is 0 Å². The van der Waals surface area contributed by atoms with Gasteiger partial charge < -0.3 is 9.84 Å².